The van der Waals surface area contributed by atoms with Crippen molar-refractivity contribution in [1.29, 1.82) is 0 Å². The molecule has 124 valence electrons. The summed E-state index contributed by atoms with van der Waals surface area (Å²) in [6.45, 7) is 3.01. The summed E-state index contributed by atoms with van der Waals surface area (Å²) in [6, 6.07) is 7.13. The summed E-state index contributed by atoms with van der Waals surface area (Å²) in [5, 5.41) is 12.6. The molecule has 0 bridgehead atoms. The number of likely N-dealkylation sites (tertiary alicyclic amines) is 1. The molecule has 23 heavy (non-hydrogen) atoms. The Kier molecular flexibility index (Phi) is 4.47. The van der Waals surface area contributed by atoms with Crippen LogP contribution >= 0.6 is 15.9 Å². The number of aliphatic carboxylic acids is 1. The number of fused-ring (bicyclic) bond motifs is 1. The lowest BCUT2D eigenvalue weighted by Gasteiger charge is -2.26. The highest BCUT2D eigenvalue weighted by Crippen LogP contribution is 2.49. The van der Waals surface area contributed by atoms with E-state index in [1.807, 2.05) is 36.1 Å². The maximum Gasteiger partial charge on any atom is 0.311 e. The molecule has 2 aliphatic rings. The number of amides is 1. The van der Waals surface area contributed by atoms with Crippen molar-refractivity contribution in [2.75, 3.05) is 18.4 Å². The standard InChI is InChI=1S/C17H21BrN2O3/c1-11(15(21)19-14-7-3-2-6-13(14)18)20-9-12-5-4-8-17(12,10-20)16(22)23/h2-3,6-7,11-12H,4-5,8-10H2,1H3,(H,19,21)(H,22,23)/t11?,12-,17+/m0/s1. The first-order valence-electron chi connectivity index (χ1n) is 7.97. The summed E-state index contributed by atoms with van der Waals surface area (Å²) in [6.07, 6.45) is 2.64. The second-order valence-corrected chi connectivity index (χ2v) is 7.48. The molecule has 3 atom stereocenters. The molecule has 1 aliphatic carbocycles. The molecule has 1 amide bonds. The molecular formula is C17H21BrN2O3. The molecule has 1 aromatic carbocycles. The summed E-state index contributed by atoms with van der Waals surface area (Å²) in [5.41, 5.74) is 0.0821. The normalized spacial score (nSPS) is 28.3. The van der Waals surface area contributed by atoms with Crippen LogP contribution in [0.2, 0.25) is 0 Å². The molecule has 1 saturated carbocycles. The molecule has 5 nitrogen and oxygen atoms in total. The number of para-hydroxylation sites is 1. The highest BCUT2D eigenvalue weighted by molar-refractivity contribution is 9.10. The SMILES string of the molecule is CC(C(=O)Nc1ccccc1Br)N1C[C@@H]2CCC[C@@]2(C(=O)O)C1. The molecule has 1 saturated heterocycles. The van der Waals surface area contributed by atoms with Gasteiger partial charge in [-0.15, -0.1) is 0 Å². The fourth-order valence-corrected chi connectivity index (χ4v) is 4.32. The van der Waals surface area contributed by atoms with Gasteiger partial charge in [-0.3, -0.25) is 14.5 Å². The minimum Gasteiger partial charge on any atom is -0.481 e. The van der Waals surface area contributed by atoms with Crippen LogP contribution in [0.4, 0.5) is 5.69 Å². The van der Waals surface area contributed by atoms with Crippen LogP contribution in [-0.4, -0.2) is 41.0 Å². The lowest BCUT2D eigenvalue weighted by Crippen LogP contribution is -2.43. The first kappa shape index (κ1) is 16.5. The van der Waals surface area contributed by atoms with Crippen LogP contribution in [0.3, 0.4) is 0 Å². The number of halogens is 1. The van der Waals surface area contributed by atoms with Gasteiger partial charge in [0.15, 0.2) is 0 Å². The predicted octanol–water partition coefficient (Wildman–Crippen LogP) is 2.96. The summed E-state index contributed by atoms with van der Waals surface area (Å²) >= 11 is 3.42. The van der Waals surface area contributed by atoms with Crippen LogP contribution in [-0.2, 0) is 9.59 Å². The number of carboxylic acid groups (broad SMARTS) is 1. The Bertz CT molecular complexity index is 636. The highest BCUT2D eigenvalue weighted by Gasteiger charge is 2.55. The molecule has 1 heterocycles. The van der Waals surface area contributed by atoms with Crippen molar-refractivity contribution in [3.63, 3.8) is 0 Å². The number of anilines is 1. The van der Waals surface area contributed by atoms with E-state index in [2.05, 4.69) is 21.2 Å². The summed E-state index contributed by atoms with van der Waals surface area (Å²) < 4.78 is 0.834. The van der Waals surface area contributed by atoms with E-state index in [-0.39, 0.29) is 17.9 Å². The van der Waals surface area contributed by atoms with E-state index in [0.717, 1.165) is 29.4 Å². The lowest BCUT2D eigenvalue weighted by molar-refractivity contribution is -0.149. The van der Waals surface area contributed by atoms with E-state index < -0.39 is 11.4 Å². The Labute approximate surface area is 144 Å². The third-order valence-corrected chi connectivity index (χ3v) is 6.07. The zero-order valence-electron chi connectivity index (χ0n) is 13.1. The smallest absolute Gasteiger partial charge is 0.311 e. The van der Waals surface area contributed by atoms with E-state index >= 15 is 0 Å². The second kappa shape index (κ2) is 6.24. The van der Waals surface area contributed by atoms with Crippen LogP contribution in [0.15, 0.2) is 28.7 Å². The van der Waals surface area contributed by atoms with Gasteiger partial charge in [-0.25, -0.2) is 0 Å². The van der Waals surface area contributed by atoms with Gasteiger partial charge < -0.3 is 10.4 Å². The van der Waals surface area contributed by atoms with E-state index in [0.29, 0.717) is 13.1 Å². The van der Waals surface area contributed by atoms with Crippen LogP contribution in [0.1, 0.15) is 26.2 Å². The number of carboxylic acids is 1. The fraction of sp³-hybridized carbons (Fsp3) is 0.529. The second-order valence-electron chi connectivity index (χ2n) is 6.62. The molecule has 2 fully saturated rings. The molecule has 2 N–H and O–H groups in total. The Balaban J connectivity index is 1.69. The molecule has 1 aromatic rings. The van der Waals surface area contributed by atoms with Gasteiger partial charge in [0.25, 0.3) is 0 Å². The number of rotatable bonds is 4. The molecule has 0 aromatic heterocycles. The zero-order valence-corrected chi connectivity index (χ0v) is 14.7. The number of benzene rings is 1. The van der Waals surface area contributed by atoms with Crippen LogP contribution < -0.4 is 5.32 Å². The first-order valence-corrected chi connectivity index (χ1v) is 8.76. The van der Waals surface area contributed by atoms with E-state index in [1.54, 1.807) is 0 Å². The summed E-state index contributed by atoms with van der Waals surface area (Å²) in [5.74, 6) is -0.642. The lowest BCUT2D eigenvalue weighted by atomic mass is 9.81. The van der Waals surface area contributed by atoms with Crippen LogP contribution in [0.5, 0.6) is 0 Å². The number of carbonyl (C=O) groups is 2. The quantitative estimate of drug-likeness (QED) is 0.842. The average molecular weight is 381 g/mol. The molecule has 0 radical (unpaired) electrons. The number of carbonyl (C=O) groups excluding carboxylic acids is 1. The van der Waals surface area contributed by atoms with Crippen molar-refractivity contribution in [2.45, 2.75) is 32.2 Å². The molecular weight excluding hydrogens is 360 g/mol. The number of nitrogens with zero attached hydrogens (tertiary/aromatic N) is 1. The van der Waals surface area contributed by atoms with Crippen LogP contribution in [0, 0.1) is 11.3 Å². The van der Waals surface area contributed by atoms with Crippen molar-refractivity contribution >= 4 is 33.5 Å². The monoisotopic (exact) mass is 380 g/mol. The van der Waals surface area contributed by atoms with Gasteiger partial charge in [0.1, 0.15) is 0 Å². The maximum atomic E-state index is 12.5. The molecule has 1 unspecified atom stereocenters. The van der Waals surface area contributed by atoms with E-state index in [9.17, 15) is 14.7 Å². The van der Waals surface area contributed by atoms with Gasteiger partial charge >= 0.3 is 5.97 Å². The van der Waals surface area contributed by atoms with Crippen molar-refractivity contribution in [1.82, 2.24) is 4.90 Å². The van der Waals surface area contributed by atoms with Gasteiger partial charge in [0, 0.05) is 17.6 Å². The third-order valence-electron chi connectivity index (χ3n) is 5.38. The Hall–Kier alpha value is -1.40. The minimum atomic E-state index is -0.707. The van der Waals surface area contributed by atoms with Crippen molar-refractivity contribution in [3.05, 3.63) is 28.7 Å². The third kappa shape index (κ3) is 2.90. The minimum absolute atomic E-state index is 0.0996. The van der Waals surface area contributed by atoms with Crippen LogP contribution in [0.25, 0.3) is 0 Å². The highest BCUT2D eigenvalue weighted by atomic mass is 79.9. The predicted molar refractivity (Wildman–Crippen MR) is 91.2 cm³/mol. The van der Waals surface area contributed by atoms with Crippen molar-refractivity contribution in [3.8, 4) is 0 Å². The largest absolute Gasteiger partial charge is 0.481 e. The van der Waals surface area contributed by atoms with Gasteiger partial charge in [-0.2, -0.15) is 0 Å². The number of nitrogens with one attached hydrogen (secondary N) is 1. The average Bonchev–Trinajstić information content (AvgIpc) is 3.06. The Morgan fingerprint density at radius 3 is 2.83 bits per heavy atom. The first-order chi connectivity index (χ1) is 10.9. The Morgan fingerprint density at radius 2 is 2.17 bits per heavy atom. The topological polar surface area (TPSA) is 69.6 Å². The van der Waals surface area contributed by atoms with Gasteiger partial charge in [0.05, 0.1) is 17.1 Å². The van der Waals surface area contributed by atoms with Gasteiger partial charge in [-0.05, 0) is 53.7 Å². The summed E-state index contributed by atoms with van der Waals surface area (Å²) in [7, 11) is 0. The van der Waals surface area contributed by atoms with E-state index in [1.165, 1.54) is 0 Å². The fourth-order valence-electron chi connectivity index (χ4n) is 3.94. The van der Waals surface area contributed by atoms with Gasteiger partial charge in [-0.1, -0.05) is 18.6 Å². The maximum absolute atomic E-state index is 12.5. The summed E-state index contributed by atoms with van der Waals surface area (Å²) in [4.78, 5) is 26.3. The molecule has 3 rings (SSSR count). The number of hydrogen-bond acceptors (Lipinski definition) is 3. The number of hydrogen-bond donors (Lipinski definition) is 2. The molecule has 1 aliphatic heterocycles. The van der Waals surface area contributed by atoms with Crippen molar-refractivity contribution < 1.29 is 14.7 Å². The van der Waals surface area contributed by atoms with Crippen molar-refractivity contribution in [2.24, 2.45) is 11.3 Å². The zero-order chi connectivity index (χ0) is 16.6. The molecule has 6 heteroatoms. The molecule has 0 spiro atoms. The van der Waals surface area contributed by atoms with E-state index in [4.69, 9.17) is 0 Å². The van der Waals surface area contributed by atoms with Gasteiger partial charge in [0.2, 0.25) is 5.91 Å². The Morgan fingerprint density at radius 1 is 1.43 bits per heavy atom.